The summed E-state index contributed by atoms with van der Waals surface area (Å²) in [6, 6.07) is 27.9. The van der Waals surface area contributed by atoms with E-state index in [1.807, 2.05) is 48.5 Å². The zero-order chi connectivity index (χ0) is 28.9. The van der Waals surface area contributed by atoms with Gasteiger partial charge in [0.1, 0.15) is 11.1 Å². The maximum atomic E-state index is 13.5. The fourth-order valence-electron chi connectivity index (χ4n) is 6.53. The smallest absolute Gasteiger partial charge is 0.281 e. The summed E-state index contributed by atoms with van der Waals surface area (Å²) in [7, 11) is 0. The first-order valence-corrected chi connectivity index (χ1v) is 13.1. The highest BCUT2D eigenvalue weighted by atomic mass is 16.6. The van der Waals surface area contributed by atoms with Crippen LogP contribution >= 0.6 is 0 Å². The molecule has 8 nitrogen and oxygen atoms in total. The predicted octanol–water partition coefficient (Wildman–Crippen LogP) is 7.90. The van der Waals surface area contributed by atoms with E-state index in [0.717, 1.165) is 11.1 Å². The Morgan fingerprint density at radius 1 is 0.452 bits per heavy atom. The molecule has 2 aliphatic rings. The van der Waals surface area contributed by atoms with Gasteiger partial charge in [-0.05, 0) is 80.6 Å². The Morgan fingerprint density at radius 2 is 0.833 bits per heavy atom. The first kappa shape index (κ1) is 23.8. The Hall–Kier alpha value is -6.02. The lowest BCUT2D eigenvalue weighted by atomic mass is 9.79. The van der Waals surface area contributed by atoms with Crippen LogP contribution in [-0.2, 0) is 0 Å². The Kier molecular flexibility index (Phi) is 4.68. The maximum absolute atomic E-state index is 13.5. The number of fused-ring (bicyclic) bond motifs is 4. The average Bonchev–Trinajstić information content (AvgIpc) is 3.01. The van der Waals surface area contributed by atoms with E-state index < -0.39 is 9.85 Å². The van der Waals surface area contributed by atoms with E-state index in [1.165, 1.54) is 12.1 Å². The normalized spacial score (nSPS) is 12.8. The third-order valence-corrected chi connectivity index (χ3v) is 8.30. The van der Waals surface area contributed by atoms with Gasteiger partial charge in [-0.15, -0.1) is 0 Å². The molecule has 0 saturated carbocycles. The van der Waals surface area contributed by atoms with Crippen molar-refractivity contribution in [2.75, 3.05) is 0 Å². The minimum absolute atomic E-state index is 0.0794. The van der Waals surface area contributed by atoms with Gasteiger partial charge in [0.15, 0.2) is 0 Å². The highest BCUT2D eigenvalue weighted by Crippen LogP contribution is 2.48. The molecule has 0 aliphatic heterocycles. The van der Waals surface area contributed by atoms with E-state index in [1.54, 1.807) is 36.4 Å². The van der Waals surface area contributed by atoms with Crippen LogP contribution in [0, 0.1) is 20.2 Å². The molecular weight excluding hydrogens is 532 g/mol. The predicted molar refractivity (Wildman–Crippen MR) is 158 cm³/mol. The van der Waals surface area contributed by atoms with Crippen LogP contribution in [0.25, 0.3) is 54.9 Å². The molecule has 6 aromatic carbocycles. The van der Waals surface area contributed by atoms with Gasteiger partial charge in [-0.3, -0.25) is 29.8 Å². The van der Waals surface area contributed by atoms with Crippen LogP contribution in [0.15, 0.2) is 97.1 Å². The van der Waals surface area contributed by atoms with Gasteiger partial charge in [-0.25, -0.2) is 0 Å². The van der Waals surface area contributed by atoms with Gasteiger partial charge in [-0.2, -0.15) is 0 Å². The summed E-state index contributed by atoms with van der Waals surface area (Å²) in [5.41, 5.74) is 4.90. The molecular formula is C34H16N2O6. The number of carbonyl (C=O) groups is 2. The van der Waals surface area contributed by atoms with Gasteiger partial charge in [0.25, 0.3) is 11.4 Å². The Labute approximate surface area is 236 Å². The standard InChI is InChI=1S/C34H16N2O6/c37-33-23-7-3-1-5-21(23)25-15-19(13-17-9-11-27(35(39)40)31(33)29(17)25)20-14-18-10-12-28(36(41)42)32-30(18)26(16-20)22-6-2-4-8-24(22)34(32)38/h1-16H. The minimum atomic E-state index is -0.526. The average molecular weight is 549 g/mol. The molecule has 0 unspecified atom stereocenters. The van der Waals surface area contributed by atoms with E-state index in [2.05, 4.69) is 0 Å². The lowest BCUT2D eigenvalue weighted by Gasteiger charge is -2.23. The molecule has 0 spiro atoms. The van der Waals surface area contributed by atoms with Gasteiger partial charge in [-0.1, -0.05) is 48.5 Å². The molecule has 8 rings (SSSR count). The SMILES string of the molecule is O=C1c2ccccc2-c2cc(-c3cc4c5c(c([N+](=O)[O-])ccc5c3)C(=O)c3ccccc3-4)cc3ccc([N+](=O)[O-])c1c23. The monoisotopic (exact) mass is 548 g/mol. The van der Waals surface area contributed by atoms with Crippen molar-refractivity contribution in [3.63, 3.8) is 0 Å². The summed E-state index contributed by atoms with van der Waals surface area (Å²) in [6.07, 6.45) is 0. The highest BCUT2D eigenvalue weighted by Gasteiger charge is 2.34. The molecule has 0 saturated heterocycles. The molecule has 0 N–H and O–H groups in total. The van der Waals surface area contributed by atoms with Gasteiger partial charge in [0.2, 0.25) is 11.6 Å². The Morgan fingerprint density at radius 3 is 1.21 bits per heavy atom. The number of nitrogens with zero attached hydrogens (tertiary/aromatic N) is 2. The lowest BCUT2D eigenvalue weighted by Crippen LogP contribution is -2.13. The van der Waals surface area contributed by atoms with Gasteiger partial charge >= 0.3 is 0 Å². The summed E-state index contributed by atoms with van der Waals surface area (Å²) in [6.45, 7) is 0. The highest BCUT2D eigenvalue weighted by molar-refractivity contribution is 6.29. The number of benzene rings is 6. The van der Waals surface area contributed by atoms with Crippen LogP contribution in [0.3, 0.4) is 0 Å². The van der Waals surface area contributed by atoms with Crippen LogP contribution in [0.1, 0.15) is 31.8 Å². The van der Waals surface area contributed by atoms with Crippen LogP contribution in [0.2, 0.25) is 0 Å². The first-order valence-electron chi connectivity index (χ1n) is 13.1. The van der Waals surface area contributed by atoms with E-state index in [9.17, 15) is 29.8 Å². The second-order valence-electron chi connectivity index (χ2n) is 10.4. The molecule has 0 aromatic heterocycles. The van der Waals surface area contributed by atoms with E-state index in [4.69, 9.17) is 0 Å². The second kappa shape index (κ2) is 8.25. The Bertz CT molecular complexity index is 2140. The molecule has 8 heteroatoms. The summed E-state index contributed by atoms with van der Waals surface area (Å²) in [5, 5.41) is 26.3. The Balaban J connectivity index is 1.47. The van der Waals surface area contributed by atoms with Crippen molar-refractivity contribution in [3.05, 3.63) is 140 Å². The molecule has 0 heterocycles. The zero-order valence-corrected chi connectivity index (χ0v) is 21.6. The summed E-state index contributed by atoms with van der Waals surface area (Å²) in [4.78, 5) is 49.7. The maximum Gasteiger partial charge on any atom is 0.281 e. The number of nitro benzene ring substituents is 2. The van der Waals surface area contributed by atoms with Crippen molar-refractivity contribution in [1.29, 1.82) is 0 Å². The second-order valence-corrected chi connectivity index (χ2v) is 10.4. The molecule has 0 fully saturated rings. The van der Waals surface area contributed by atoms with Crippen molar-refractivity contribution in [1.82, 2.24) is 0 Å². The molecule has 198 valence electrons. The van der Waals surface area contributed by atoms with Crippen LogP contribution < -0.4 is 0 Å². The van der Waals surface area contributed by atoms with E-state index in [-0.39, 0.29) is 34.1 Å². The first-order chi connectivity index (χ1) is 20.3. The summed E-state index contributed by atoms with van der Waals surface area (Å²) >= 11 is 0. The van der Waals surface area contributed by atoms with E-state index >= 15 is 0 Å². The molecule has 0 amide bonds. The van der Waals surface area contributed by atoms with Gasteiger partial charge in [0, 0.05) is 34.0 Å². The van der Waals surface area contributed by atoms with Crippen molar-refractivity contribution in [3.8, 4) is 33.4 Å². The molecule has 0 radical (unpaired) electrons. The quantitative estimate of drug-likeness (QED) is 0.163. The largest absolute Gasteiger partial charge is 0.288 e. The molecule has 42 heavy (non-hydrogen) atoms. The summed E-state index contributed by atoms with van der Waals surface area (Å²) in [5.74, 6) is -0.762. The fourth-order valence-corrected chi connectivity index (χ4v) is 6.53. The zero-order valence-electron chi connectivity index (χ0n) is 21.6. The van der Waals surface area contributed by atoms with E-state index in [0.29, 0.717) is 54.9 Å². The van der Waals surface area contributed by atoms with Crippen molar-refractivity contribution in [2.24, 2.45) is 0 Å². The van der Waals surface area contributed by atoms with Crippen LogP contribution in [0.5, 0.6) is 0 Å². The third kappa shape index (κ3) is 3.06. The topological polar surface area (TPSA) is 120 Å². The number of hydrogen-bond acceptors (Lipinski definition) is 6. The van der Waals surface area contributed by atoms with Crippen molar-refractivity contribution < 1.29 is 19.4 Å². The van der Waals surface area contributed by atoms with Crippen molar-refractivity contribution in [2.45, 2.75) is 0 Å². The van der Waals surface area contributed by atoms with Crippen molar-refractivity contribution >= 4 is 44.5 Å². The van der Waals surface area contributed by atoms with Gasteiger partial charge in [0.05, 0.1) is 9.85 Å². The van der Waals surface area contributed by atoms with Crippen LogP contribution in [-0.4, -0.2) is 21.4 Å². The number of carbonyl (C=O) groups excluding carboxylic acids is 2. The molecule has 0 atom stereocenters. The molecule has 2 aliphatic carbocycles. The minimum Gasteiger partial charge on any atom is -0.288 e. The number of ketones is 2. The lowest BCUT2D eigenvalue weighted by molar-refractivity contribution is -0.385. The number of rotatable bonds is 3. The fraction of sp³-hybridized carbons (Fsp3) is 0. The molecule has 0 bridgehead atoms. The third-order valence-electron chi connectivity index (χ3n) is 8.30. The van der Waals surface area contributed by atoms with Crippen LogP contribution in [0.4, 0.5) is 11.4 Å². The number of hydrogen-bond donors (Lipinski definition) is 0. The van der Waals surface area contributed by atoms with Gasteiger partial charge < -0.3 is 0 Å². The summed E-state index contributed by atoms with van der Waals surface area (Å²) < 4.78 is 0. The number of nitro groups is 2. The molecule has 6 aromatic rings.